The van der Waals surface area contributed by atoms with Crippen LogP contribution in [0.2, 0.25) is 0 Å². The molecule has 2 fully saturated rings. The predicted molar refractivity (Wildman–Crippen MR) is 77.6 cm³/mol. The first kappa shape index (κ1) is 16.3. The van der Waals surface area contributed by atoms with Crippen molar-refractivity contribution in [1.29, 1.82) is 0 Å². The second-order valence-corrected chi connectivity index (χ2v) is 8.60. The Labute approximate surface area is 125 Å². The average molecular weight is 317 g/mol. The van der Waals surface area contributed by atoms with Gasteiger partial charge in [-0.25, -0.2) is 8.42 Å². The molecule has 0 spiro atoms. The van der Waals surface area contributed by atoms with E-state index in [0.29, 0.717) is 25.8 Å². The molecule has 120 valence electrons. The van der Waals surface area contributed by atoms with Crippen molar-refractivity contribution in [1.82, 2.24) is 4.90 Å². The fraction of sp³-hybridized carbons (Fsp3) is 0.857. The maximum atomic E-state index is 12.3. The summed E-state index contributed by atoms with van der Waals surface area (Å²) in [6, 6.07) is 0. The molecule has 0 aromatic rings. The smallest absolute Gasteiger partial charge is 0.311 e. The third-order valence-electron chi connectivity index (χ3n) is 4.68. The van der Waals surface area contributed by atoms with Crippen molar-refractivity contribution in [2.75, 3.05) is 24.6 Å². The van der Waals surface area contributed by atoms with Crippen LogP contribution in [0.5, 0.6) is 0 Å². The SMILES string of the molecule is CCCC1(C(=O)O)CCN(C(=O)CC2CCS(=O)(=O)C2)C1. The summed E-state index contributed by atoms with van der Waals surface area (Å²) >= 11 is 0. The van der Waals surface area contributed by atoms with E-state index in [1.54, 1.807) is 4.90 Å². The van der Waals surface area contributed by atoms with E-state index < -0.39 is 21.2 Å². The Hall–Kier alpha value is -1.11. The quantitative estimate of drug-likeness (QED) is 0.814. The molecule has 0 aliphatic carbocycles. The number of carbonyl (C=O) groups is 2. The second-order valence-electron chi connectivity index (χ2n) is 6.37. The first-order chi connectivity index (χ1) is 9.78. The van der Waals surface area contributed by atoms with E-state index in [9.17, 15) is 23.1 Å². The zero-order valence-corrected chi connectivity index (χ0v) is 13.2. The molecule has 21 heavy (non-hydrogen) atoms. The van der Waals surface area contributed by atoms with Crippen LogP contribution in [-0.2, 0) is 19.4 Å². The minimum atomic E-state index is -2.97. The highest BCUT2D eigenvalue weighted by atomic mass is 32.2. The largest absolute Gasteiger partial charge is 0.481 e. The summed E-state index contributed by atoms with van der Waals surface area (Å²) in [6.07, 6.45) is 2.60. The van der Waals surface area contributed by atoms with Crippen LogP contribution in [0, 0.1) is 11.3 Å². The summed E-state index contributed by atoms with van der Waals surface area (Å²) < 4.78 is 22.8. The van der Waals surface area contributed by atoms with Crippen LogP contribution >= 0.6 is 0 Å². The highest BCUT2D eigenvalue weighted by molar-refractivity contribution is 7.91. The van der Waals surface area contributed by atoms with Crippen LogP contribution in [0.4, 0.5) is 0 Å². The normalized spacial score (nSPS) is 31.5. The molecule has 0 aromatic carbocycles. The third kappa shape index (κ3) is 3.56. The Morgan fingerprint density at radius 1 is 1.38 bits per heavy atom. The van der Waals surface area contributed by atoms with Crippen molar-refractivity contribution < 1.29 is 23.1 Å². The Balaban J connectivity index is 1.94. The van der Waals surface area contributed by atoms with E-state index in [2.05, 4.69) is 0 Å². The highest BCUT2D eigenvalue weighted by Gasteiger charge is 2.45. The molecule has 2 rings (SSSR count). The Bertz CT molecular complexity index is 529. The van der Waals surface area contributed by atoms with Crippen molar-refractivity contribution >= 4 is 21.7 Å². The standard InChI is InChI=1S/C14H23NO5S/c1-2-4-14(13(17)18)5-6-15(10-14)12(16)8-11-3-7-21(19,20)9-11/h11H,2-10H2,1H3,(H,17,18). The fourth-order valence-electron chi connectivity index (χ4n) is 3.46. The van der Waals surface area contributed by atoms with Gasteiger partial charge in [0.05, 0.1) is 16.9 Å². The van der Waals surface area contributed by atoms with E-state index in [1.807, 2.05) is 6.92 Å². The van der Waals surface area contributed by atoms with E-state index in [1.165, 1.54) is 0 Å². The number of carboxylic acid groups (broad SMARTS) is 1. The maximum Gasteiger partial charge on any atom is 0.311 e. The molecule has 2 unspecified atom stereocenters. The molecule has 0 aromatic heterocycles. The number of nitrogens with zero attached hydrogens (tertiary/aromatic N) is 1. The number of carboxylic acids is 1. The number of likely N-dealkylation sites (tertiary alicyclic amines) is 1. The molecule has 2 saturated heterocycles. The topological polar surface area (TPSA) is 91.8 Å². The minimum Gasteiger partial charge on any atom is -0.481 e. The summed E-state index contributed by atoms with van der Waals surface area (Å²) in [4.78, 5) is 25.4. The van der Waals surface area contributed by atoms with Crippen LogP contribution in [0.15, 0.2) is 0 Å². The molecule has 0 radical (unpaired) electrons. The Morgan fingerprint density at radius 2 is 2.10 bits per heavy atom. The summed E-state index contributed by atoms with van der Waals surface area (Å²) in [5.74, 6) is -0.779. The van der Waals surface area contributed by atoms with Gasteiger partial charge in [0.15, 0.2) is 9.84 Å². The lowest BCUT2D eigenvalue weighted by Crippen LogP contribution is -2.37. The zero-order chi connectivity index (χ0) is 15.7. The van der Waals surface area contributed by atoms with Gasteiger partial charge in [-0.3, -0.25) is 9.59 Å². The highest BCUT2D eigenvalue weighted by Crippen LogP contribution is 2.36. The fourth-order valence-corrected chi connectivity index (χ4v) is 5.32. The molecular weight excluding hydrogens is 294 g/mol. The van der Waals surface area contributed by atoms with Gasteiger partial charge in [-0.1, -0.05) is 13.3 Å². The second kappa shape index (κ2) is 5.94. The van der Waals surface area contributed by atoms with Crippen LogP contribution in [0.25, 0.3) is 0 Å². The van der Waals surface area contributed by atoms with Gasteiger partial charge in [0.2, 0.25) is 5.91 Å². The lowest BCUT2D eigenvalue weighted by molar-refractivity contribution is -0.149. The summed E-state index contributed by atoms with van der Waals surface area (Å²) in [5, 5.41) is 9.43. The molecule has 1 amide bonds. The molecule has 7 heteroatoms. The lowest BCUT2D eigenvalue weighted by Gasteiger charge is -2.24. The Morgan fingerprint density at radius 3 is 2.62 bits per heavy atom. The van der Waals surface area contributed by atoms with Crippen molar-refractivity contribution in [2.24, 2.45) is 11.3 Å². The van der Waals surface area contributed by atoms with E-state index in [-0.39, 0.29) is 36.3 Å². The number of carbonyl (C=O) groups excluding carboxylic acids is 1. The number of hydrogen-bond acceptors (Lipinski definition) is 4. The van der Waals surface area contributed by atoms with Gasteiger partial charge >= 0.3 is 5.97 Å². The van der Waals surface area contributed by atoms with Crippen LogP contribution < -0.4 is 0 Å². The molecule has 2 aliphatic rings. The van der Waals surface area contributed by atoms with Crippen molar-refractivity contribution in [3.63, 3.8) is 0 Å². The van der Waals surface area contributed by atoms with E-state index in [4.69, 9.17) is 0 Å². The summed E-state index contributed by atoms with van der Waals surface area (Å²) in [7, 11) is -2.97. The maximum absolute atomic E-state index is 12.3. The minimum absolute atomic E-state index is 0.0889. The van der Waals surface area contributed by atoms with E-state index >= 15 is 0 Å². The van der Waals surface area contributed by atoms with E-state index in [0.717, 1.165) is 6.42 Å². The van der Waals surface area contributed by atoms with Crippen molar-refractivity contribution in [2.45, 2.75) is 39.0 Å². The third-order valence-corrected chi connectivity index (χ3v) is 6.52. The first-order valence-corrected chi connectivity index (χ1v) is 9.32. The van der Waals surface area contributed by atoms with Crippen molar-refractivity contribution in [3.8, 4) is 0 Å². The predicted octanol–water partition coefficient (Wildman–Crippen LogP) is 0.915. The molecule has 2 heterocycles. The first-order valence-electron chi connectivity index (χ1n) is 7.49. The number of hydrogen-bond donors (Lipinski definition) is 1. The van der Waals surface area contributed by atoms with Gasteiger partial charge in [-0.15, -0.1) is 0 Å². The van der Waals surface area contributed by atoms with Gasteiger partial charge in [0, 0.05) is 19.5 Å². The van der Waals surface area contributed by atoms with Crippen LogP contribution in [0.1, 0.15) is 39.0 Å². The zero-order valence-electron chi connectivity index (χ0n) is 12.4. The monoisotopic (exact) mass is 317 g/mol. The van der Waals surface area contributed by atoms with Gasteiger partial charge < -0.3 is 10.0 Å². The van der Waals surface area contributed by atoms with Crippen molar-refractivity contribution in [3.05, 3.63) is 0 Å². The van der Waals surface area contributed by atoms with Gasteiger partial charge in [0.25, 0.3) is 0 Å². The molecule has 0 saturated carbocycles. The molecular formula is C14H23NO5S. The number of aliphatic carboxylic acids is 1. The van der Waals surface area contributed by atoms with Crippen LogP contribution in [0.3, 0.4) is 0 Å². The summed E-state index contributed by atoms with van der Waals surface area (Å²) in [6.45, 7) is 2.66. The lowest BCUT2D eigenvalue weighted by atomic mass is 9.83. The Kier molecular flexibility index (Phi) is 4.60. The molecule has 2 atom stereocenters. The molecule has 2 aliphatic heterocycles. The average Bonchev–Trinajstić information content (AvgIpc) is 2.95. The molecule has 0 bridgehead atoms. The number of amides is 1. The molecule has 1 N–H and O–H groups in total. The van der Waals surface area contributed by atoms with Gasteiger partial charge in [-0.05, 0) is 25.2 Å². The number of sulfone groups is 1. The summed E-state index contributed by atoms with van der Waals surface area (Å²) in [5.41, 5.74) is -0.813. The molecule has 6 nitrogen and oxygen atoms in total. The van der Waals surface area contributed by atoms with Crippen LogP contribution in [-0.4, -0.2) is 54.9 Å². The van der Waals surface area contributed by atoms with Gasteiger partial charge in [-0.2, -0.15) is 0 Å². The van der Waals surface area contributed by atoms with Gasteiger partial charge in [0.1, 0.15) is 0 Å². The number of rotatable bonds is 5.